The van der Waals surface area contributed by atoms with Crippen molar-refractivity contribution < 1.29 is 24.2 Å². The van der Waals surface area contributed by atoms with Gasteiger partial charge in [-0.15, -0.1) is 0 Å². The summed E-state index contributed by atoms with van der Waals surface area (Å²) >= 11 is 0. The Morgan fingerprint density at radius 3 is 1.20 bits per heavy atom. The van der Waals surface area contributed by atoms with Gasteiger partial charge in [0.05, 0.1) is 6.42 Å². The number of unbranched alkanes of at least 4 members (excludes halogenated alkanes) is 22. The summed E-state index contributed by atoms with van der Waals surface area (Å²) < 4.78 is 11.4. The molecule has 0 spiro atoms. The van der Waals surface area contributed by atoms with E-state index >= 15 is 0 Å². The van der Waals surface area contributed by atoms with Crippen LogP contribution in [0.15, 0.2) is 0 Å². The first-order chi connectivity index (χ1) is 22.1. The molecule has 0 aliphatic rings. The van der Waals surface area contributed by atoms with Crippen LogP contribution in [0.2, 0.25) is 0 Å². The van der Waals surface area contributed by atoms with Gasteiger partial charge in [-0.25, -0.2) is 0 Å². The summed E-state index contributed by atoms with van der Waals surface area (Å²) in [5.41, 5.74) is 0. The zero-order chi connectivity index (χ0) is 32.9. The van der Waals surface area contributed by atoms with Crippen molar-refractivity contribution >= 4 is 11.9 Å². The highest BCUT2D eigenvalue weighted by Crippen LogP contribution is 2.13. The summed E-state index contributed by atoms with van der Waals surface area (Å²) in [6.07, 6.45) is 33.4. The van der Waals surface area contributed by atoms with Gasteiger partial charge >= 0.3 is 5.97 Å². The second-order valence-corrected chi connectivity index (χ2v) is 13.1. The Morgan fingerprint density at radius 1 is 0.489 bits per heavy atom. The summed E-state index contributed by atoms with van der Waals surface area (Å²) in [6, 6.07) is -0.872. The number of carbonyl (C=O) groups excluding carboxylic acids is 1. The standard InChI is InChI=1S/C38H76N2O5/c1-3-5-7-9-11-13-15-17-19-21-23-25-31-44-33-27-29-39-36(38(42)43)35-37(41)40-30-28-34-45-32-26-24-22-20-18-16-14-12-10-8-6-4-2/h36,39H,3-35H2,1-2H3,(H,40,41)(H,42,43)/t36-/m0/s1. The van der Waals surface area contributed by atoms with Gasteiger partial charge in [-0.1, -0.05) is 155 Å². The van der Waals surface area contributed by atoms with Crippen LogP contribution >= 0.6 is 0 Å². The van der Waals surface area contributed by atoms with E-state index < -0.39 is 12.0 Å². The highest BCUT2D eigenvalue weighted by molar-refractivity contribution is 5.84. The lowest BCUT2D eigenvalue weighted by Gasteiger charge is -2.14. The van der Waals surface area contributed by atoms with Crippen molar-refractivity contribution in [3.05, 3.63) is 0 Å². The lowest BCUT2D eigenvalue weighted by molar-refractivity contribution is -0.141. The zero-order valence-corrected chi connectivity index (χ0v) is 30.0. The van der Waals surface area contributed by atoms with Crippen LogP contribution in [-0.2, 0) is 19.1 Å². The molecule has 0 heterocycles. The number of carboxylic acids is 1. The summed E-state index contributed by atoms with van der Waals surface area (Å²) in [6.45, 7) is 8.35. The molecule has 0 aromatic heterocycles. The lowest BCUT2D eigenvalue weighted by Crippen LogP contribution is -2.42. The van der Waals surface area contributed by atoms with Gasteiger partial charge in [0.1, 0.15) is 6.04 Å². The largest absolute Gasteiger partial charge is 0.480 e. The maximum atomic E-state index is 12.2. The number of aliphatic carboxylic acids is 1. The van der Waals surface area contributed by atoms with Crippen LogP contribution in [0.1, 0.15) is 187 Å². The molecule has 7 heteroatoms. The minimum atomic E-state index is -0.992. The number of rotatable bonds is 38. The molecule has 0 saturated heterocycles. The molecule has 0 aromatic carbocycles. The van der Waals surface area contributed by atoms with E-state index in [0.717, 1.165) is 38.9 Å². The first kappa shape index (κ1) is 43.8. The number of carbonyl (C=O) groups is 2. The summed E-state index contributed by atoms with van der Waals surface area (Å²) in [7, 11) is 0. The Hall–Kier alpha value is -1.18. The molecular weight excluding hydrogens is 564 g/mol. The molecule has 0 fully saturated rings. The Balaban J connectivity index is 3.48. The molecule has 268 valence electrons. The molecule has 0 aliphatic heterocycles. The number of nitrogens with one attached hydrogen (secondary N) is 2. The monoisotopic (exact) mass is 641 g/mol. The molecule has 45 heavy (non-hydrogen) atoms. The van der Waals surface area contributed by atoms with Gasteiger partial charge < -0.3 is 25.2 Å². The molecule has 0 unspecified atom stereocenters. The van der Waals surface area contributed by atoms with Crippen LogP contribution in [0.5, 0.6) is 0 Å². The fraction of sp³-hybridized carbons (Fsp3) is 0.947. The second-order valence-electron chi connectivity index (χ2n) is 13.1. The molecule has 1 amide bonds. The van der Waals surface area contributed by atoms with Gasteiger partial charge in [0, 0.05) is 33.0 Å². The first-order valence-corrected chi connectivity index (χ1v) is 19.5. The van der Waals surface area contributed by atoms with Gasteiger partial charge in [0.15, 0.2) is 0 Å². The maximum absolute atomic E-state index is 12.2. The van der Waals surface area contributed by atoms with E-state index in [1.165, 1.54) is 141 Å². The minimum absolute atomic E-state index is 0.0608. The van der Waals surface area contributed by atoms with E-state index in [1.807, 2.05) is 0 Å². The highest BCUT2D eigenvalue weighted by Gasteiger charge is 2.20. The predicted octanol–water partition coefficient (Wildman–Crippen LogP) is 9.75. The Morgan fingerprint density at radius 2 is 0.822 bits per heavy atom. The van der Waals surface area contributed by atoms with Gasteiger partial charge in [-0.3, -0.25) is 9.59 Å². The van der Waals surface area contributed by atoms with E-state index in [0.29, 0.717) is 26.3 Å². The fourth-order valence-electron chi connectivity index (χ4n) is 5.65. The minimum Gasteiger partial charge on any atom is -0.480 e. The van der Waals surface area contributed by atoms with Crippen molar-refractivity contribution in [2.75, 3.05) is 39.5 Å². The quantitative estimate of drug-likeness (QED) is 0.0582. The number of ether oxygens (including phenoxy) is 2. The molecule has 0 bridgehead atoms. The lowest BCUT2D eigenvalue weighted by atomic mass is 10.1. The van der Waals surface area contributed by atoms with Crippen molar-refractivity contribution in [3.63, 3.8) is 0 Å². The van der Waals surface area contributed by atoms with Gasteiger partial charge in [-0.05, 0) is 32.2 Å². The number of amides is 1. The van der Waals surface area contributed by atoms with Crippen molar-refractivity contribution in [2.24, 2.45) is 0 Å². The van der Waals surface area contributed by atoms with Crippen LogP contribution in [0.25, 0.3) is 0 Å². The third-order valence-electron chi connectivity index (χ3n) is 8.62. The van der Waals surface area contributed by atoms with Crippen molar-refractivity contribution in [1.29, 1.82) is 0 Å². The number of carboxylic acid groups (broad SMARTS) is 1. The van der Waals surface area contributed by atoms with Gasteiger partial charge in [0.2, 0.25) is 5.91 Å². The molecule has 7 nitrogen and oxygen atoms in total. The van der Waals surface area contributed by atoms with Crippen molar-refractivity contribution in [2.45, 2.75) is 193 Å². The SMILES string of the molecule is CCCCCCCCCCCCCCOCCCNC(=O)C[C@H](NCCCOCCCCCCCCCCCCCC)C(=O)O. The fourth-order valence-corrected chi connectivity index (χ4v) is 5.65. The average Bonchev–Trinajstić information content (AvgIpc) is 3.03. The Bertz CT molecular complexity index is 619. The van der Waals surface area contributed by atoms with Crippen LogP contribution < -0.4 is 10.6 Å². The summed E-state index contributed by atoms with van der Waals surface area (Å²) in [5, 5.41) is 15.3. The molecule has 0 aromatic rings. The molecule has 0 aliphatic carbocycles. The van der Waals surface area contributed by atoms with Crippen LogP contribution in [0, 0.1) is 0 Å². The molecule has 3 N–H and O–H groups in total. The Kier molecular flexibility index (Phi) is 36.3. The molecule has 0 radical (unpaired) electrons. The molecule has 0 saturated carbocycles. The first-order valence-electron chi connectivity index (χ1n) is 19.5. The summed E-state index contributed by atoms with van der Waals surface area (Å²) in [4.78, 5) is 23.8. The highest BCUT2D eigenvalue weighted by atomic mass is 16.5. The maximum Gasteiger partial charge on any atom is 0.321 e. The third kappa shape index (κ3) is 35.5. The van der Waals surface area contributed by atoms with E-state index in [1.54, 1.807) is 0 Å². The summed E-state index contributed by atoms with van der Waals surface area (Å²) in [5.74, 6) is -1.23. The topological polar surface area (TPSA) is 96.9 Å². The second kappa shape index (κ2) is 37.3. The van der Waals surface area contributed by atoms with Crippen molar-refractivity contribution in [1.82, 2.24) is 10.6 Å². The number of hydrogen-bond acceptors (Lipinski definition) is 5. The van der Waals surface area contributed by atoms with Crippen LogP contribution in [0.4, 0.5) is 0 Å². The van der Waals surface area contributed by atoms with E-state index in [4.69, 9.17) is 9.47 Å². The van der Waals surface area contributed by atoms with E-state index in [9.17, 15) is 14.7 Å². The van der Waals surface area contributed by atoms with Gasteiger partial charge in [-0.2, -0.15) is 0 Å². The average molecular weight is 641 g/mol. The Labute approximate surface area is 279 Å². The third-order valence-corrected chi connectivity index (χ3v) is 8.62. The smallest absolute Gasteiger partial charge is 0.321 e. The predicted molar refractivity (Wildman–Crippen MR) is 190 cm³/mol. The van der Waals surface area contributed by atoms with Crippen molar-refractivity contribution in [3.8, 4) is 0 Å². The molecule has 1 atom stereocenters. The van der Waals surface area contributed by atoms with Crippen LogP contribution in [-0.4, -0.2) is 62.5 Å². The zero-order valence-electron chi connectivity index (χ0n) is 30.0. The normalized spacial score (nSPS) is 12.0. The molecule has 0 rings (SSSR count). The number of hydrogen-bond donors (Lipinski definition) is 3. The van der Waals surface area contributed by atoms with E-state index in [2.05, 4.69) is 24.5 Å². The van der Waals surface area contributed by atoms with Gasteiger partial charge in [0.25, 0.3) is 0 Å². The molecular formula is C38H76N2O5. The van der Waals surface area contributed by atoms with E-state index in [-0.39, 0.29) is 12.3 Å². The van der Waals surface area contributed by atoms with Crippen LogP contribution in [0.3, 0.4) is 0 Å².